The summed E-state index contributed by atoms with van der Waals surface area (Å²) in [6.07, 6.45) is 0. The van der Waals surface area contributed by atoms with Crippen LogP contribution in [0.4, 0.5) is 5.69 Å². The van der Waals surface area contributed by atoms with E-state index in [1.165, 1.54) is 12.1 Å². The van der Waals surface area contributed by atoms with E-state index in [-0.39, 0.29) is 29.5 Å². The Morgan fingerprint density at radius 1 is 1.08 bits per heavy atom. The molecule has 0 spiro atoms. The second-order valence-electron chi connectivity index (χ2n) is 4.81. The maximum atomic E-state index is 11.9. The maximum Gasteiger partial charge on any atom is 0.338 e. The first kappa shape index (κ1) is 18.5. The van der Waals surface area contributed by atoms with Gasteiger partial charge in [0.1, 0.15) is 29.7 Å². The Morgan fingerprint density at radius 3 is 2.32 bits per heavy atom. The van der Waals surface area contributed by atoms with Crippen LogP contribution in [0.1, 0.15) is 17.3 Å². The van der Waals surface area contributed by atoms with Crippen molar-refractivity contribution < 1.29 is 23.9 Å². The third-order valence-electron chi connectivity index (χ3n) is 3.10. The average Bonchev–Trinajstić information content (AvgIpc) is 2.60. The number of carbonyl (C=O) groups excluding carboxylic acids is 1. The number of rotatable bonds is 8. The highest BCUT2D eigenvalue weighted by atomic mass is 35.5. The number of hydrogen-bond donors (Lipinski definition) is 0. The molecule has 0 saturated heterocycles. The van der Waals surface area contributed by atoms with Crippen LogP contribution in [0, 0.1) is 10.1 Å². The molecular weight excluding hydrogens is 350 g/mol. The number of halogens is 1. The molecule has 0 fully saturated rings. The molecule has 2 aromatic rings. The summed E-state index contributed by atoms with van der Waals surface area (Å²) in [7, 11) is 0. The molecule has 0 aliphatic rings. The molecule has 0 bridgehead atoms. The van der Waals surface area contributed by atoms with Crippen LogP contribution in [0.25, 0.3) is 0 Å². The molecule has 132 valence electrons. The molecule has 0 amide bonds. The fourth-order valence-corrected chi connectivity index (χ4v) is 2.14. The Hall–Kier alpha value is -2.80. The van der Waals surface area contributed by atoms with E-state index < -0.39 is 10.9 Å². The first-order valence-electron chi connectivity index (χ1n) is 7.48. The lowest BCUT2D eigenvalue weighted by Gasteiger charge is -2.08. The first-order valence-corrected chi connectivity index (χ1v) is 7.85. The van der Waals surface area contributed by atoms with Crippen molar-refractivity contribution in [3.8, 4) is 11.5 Å². The second kappa shape index (κ2) is 8.89. The van der Waals surface area contributed by atoms with Gasteiger partial charge >= 0.3 is 5.97 Å². The van der Waals surface area contributed by atoms with Gasteiger partial charge in [0.25, 0.3) is 5.69 Å². The van der Waals surface area contributed by atoms with Gasteiger partial charge in [0.2, 0.25) is 0 Å². The average molecular weight is 366 g/mol. The van der Waals surface area contributed by atoms with Crippen LogP contribution >= 0.6 is 11.6 Å². The zero-order valence-corrected chi connectivity index (χ0v) is 14.2. The van der Waals surface area contributed by atoms with Crippen molar-refractivity contribution in [2.24, 2.45) is 0 Å². The van der Waals surface area contributed by atoms with Crippen molar-refractivity contribution in [1.29, 1.82) is 0 Å². The Labute approximate surface area is 149 Å². The fourth-order valence-electron chi connectivity index (χ4n) is 1.96. The molecule has 0 radical (unpaired) electrons. The summed E-state index contributed by atoms with van der Waals surface area (Å²) in [6.45, 7) is 2.63. The highest BCUT2D eigenvalue weighted by Gasteiger charge is 2.17. The molecule has 0 N–H and O–H groups in total. The van der Waals surface area contributed by atoms with Gasteiger partial charge in [-0.3, -0.25) is 10.1 Å². The summed E-state index contributed by atoms with van der Waals surface area (Å²) in [5.74, 6) is 0.669. The van der Waals surface area contributed by atoms with Gasteiger partial charge in [0, 0.05) is 6.07 Å². The Kier molecular flexibility index (Phi) is 6.59. The molecule has 8 heteroatoms. The van der Waals surface area contributed by atoms with Crippen molar-refractivity contribution in [2.75, 3.05) is 19.8 Å². The number of carbonyl (C=O) groups is 1. The maximum absolute atomic E-state index is 11.9. The zero-order valence-electron chi connectivity index (χ0n) is 13.4. The summed E-state index contributed by atoms with van der Waals surface area (Å²) in [5, 5.41) is 10.8. The molecule has 0 saturated carbocycles. The lowest BCUT2D eigenvalue weighted by molar-refractivity contribution is -0.384. The highest BCUT2D eigenvalue weighted by Crippen LogP contribution is 2.25. The van der Waals surface area contributed by atoms with Crippen LogP contribution in [0.15, 0.2) is 42.5 Å². The number of benzene rings is 2. The standard InChI is InChI=1S/C17H16ClNO6/c1-2-23-13-4-6-14(7-5-13)24-9-10-25-17(20)12-3-8-15(18)16(11-12)19(21)22/h3-8,11H,2,9-10H2,1H3. The van der Waals surface area contributed by atoms with Crippen LogP contribution < -0.4 is 9.47 Å². The van der Waals surface area contributed by atoms with E-state index in [0.29, 0.717) is 12.4 Å². The lowest BCUT2D eigenvalue weighted by atomic mass is 10.2. The second-order valence-corrected chi connectivity index (χ2v) is 5.22. The van der Waals surface area contributed by atoms with Gasteiger partial charge in [-0.15, -0.1) is 0 Å². The summed E-state index contributed by atoms with van der Waals surface area (Å²) < 4.78 is 15.8. The fraction of sp³-hybridized carbons (Fsp3) is 0.235. The SMILES string of the molecule is CCOc1ccc(OCCOC(=O)c2ccc(Cl)c([N+](=O)[O-])c2)cc1. The normalized spacial score (nSPS) is 10.2. The summed E-state index contributed by atoms with van der Waals surface area (Å²) in [4.78, 5) is 22.1. The predicted octanol–water partition coefficient (Wildman–Crippen LogP) is 3.88. The molecule has 2 rings (SSSR count). The Bertz CT molecular complexity index is 747. The number of nitro benzene ring substituents is 1. The smallest absolute Gasteiger partial charge is 0.338 e. The number of hydrogen-bond acceptors (Lipinski definition) is 6. The van der Waals surface area contributed by atoms with Crippen molar-refractivity contribution in [3.63, 3.8) is 0 Å². The Balaban J connectivity index is 1.82. The van der Waals surface area contributed by atoms with Crippen LogP contribution in [-0.4, -0.2) is 30.7 Å². The van der Waals surface area contributed by atoms with Gasteiger partial charge in [-0.1, -0.05) is 11.6 Å². The Morgan fingerprint density at radius 2 is 1.72 bits per heavy atom. The molecule has 0 atom stereocenters. The summed E-state index contributed by atoms with van der Waals surface area (Å²) in [5.41, 5.74) is -0.293. The highest BCUT2D eigenvalue weighted by molar-refractivity contribution is 6.32. The molecule has 0 aliphatic heterocycles. The molecule has 2 aromatic carbocycles. The van der Waals surface area contributed by atoms with Gasteiger partial charge < -0.3 is 14.2 Å². The molecule has 7 nitrogen and oxygen atoms in total. The largest absolute Gasteiger partial charge is 0.494 e. The van der Waals surface area contributed by atoms with E-state index >= 15 is 0 Å². The summed E-state index contributed by atoms with van der Waals surface area (Å²) in [6, 6.07) is 10.8. The number of nitrogens with zero attached hydrogens (tertiary/aromatic N) is 1. The van der Waals surface area contributed by atoms with E-state index in [2.05, 4.69) is 0 Å². The van der Waals surface area contributed by atoms with Crippen LogP contribution in [0.3, 0.4) is 0 Å². The quantitative estimate of drug-likeness (QED) is 0.305. The van der Waals surface area contributed by atoms with E-state index in [1.54, 1.807) is 24.3 Å². The van der Waals surface area contributed by atoms with Crippen molar-refractivity contribution >= 4 is 23.3 Å². The first-order chi connectivity index (χ1) is 12.0. The minimum absolute atomic E-state index is 0.00245. The van der Waals surface area contributed by atoms with Crippen molar-refractivity contribution in [3.05, 3.63) is 63.2 Å². The minimum Gasteiger partial charge on any atom is -0.494 e. The van der Waals surface area contributed by atoms with Gasteiger partial charge in [-0.25, -0.2) is 4.79 Å². The summed E-state index contributed by atoms with van der Waals surface area (Å²) >= 11 is 5.70. The van der Waals surface area contributed by atoms with E-state index in [4.69, 9.17) is 25.8 Å². The van der Waals surface area contributed by atoms with E-state index in [0.717, 1.165) is 11.8 Å². The zero-order chi connectivity index (χ0) is 18.2. The minimum atomic E-state index is -0.685. The van der Waals surface area contributed by atoms with Gasteiger partial charge in [0.15, 0.2) is 0 Å². The van der Waals surface area contributed by atoms with Gasteiger partial charge in [-0.05, 0) is 43.3 Å². The predicted molar refractivity (Wildman–Crippen MR) is 91.5 cm³/mol. The lowest BCUT2D eigenvalue weighted by Crippen LogP contribution is -2.12. The van der Waals surface area contributed by atoms with Crippen LogP contribution in [-0.2, 0) is 4.74 Å². The molecular formula is C17H16ClNO6. The van der Waals surface area contributed by atoms with Crippen molar-refractivity contribution in [1.82, 2.24) is 0 Å². The van der Waals surface area contributed by atoms with Crippen LogP contribution in [0.2, 0.25) is 5.02 Å². The number of ether oxygens (including phenoxy) is 3. The molecule has 0 aliphatic carbocycles. The third kappa shape index (κ3) is 5.36. The molecule has 25 heavy (non-hydrogen) atoms. The van der Waals surface area contributed by atoms with E-state index in [9.17, 15) is 14.9 Å². The van der Waals surface area contributed by atoms with E-state index in [1.807, 2.05) is 6.92 Å². The third-order valence-corrected chi connectivity index (χ3v) is 3.42. The number of esters is 1. The monoisotopic (exact) mass is 365 g/mol. The molecule has 0 unspecified atom stereocenters. The van der Waals surface area contributed by atoms with Crippen molar-refractivity contribution in [2.45, 2.75) is 6.92 Å². The van der Waals surface area contributed by atoms with Gasteiger partial charge in [-0.2, -0.15) is 0 Å². The van der Waals surface area contributed by atoms with Gasteiger partial charge in [0.05, 0.1) is 17.1 Å². The van der Waals surface area contributed by atoms with Crippen LogP contribution in [0.5, 0.6) is 11.5 Å². The molecule has 0 aromatic heterocycles. The molecule has 0 heterocycles. The topological polar surface area (TPSA) is 87.9 Å². The number of nitro groups is 1.